The zero-order valence-corrected chi connectivity index (χ0v) is 12.4. The van der Waals surface area contributed by atoms with Gasteiger partial charge < -0.3 is 4.74 Å². The number of nitrogens with two attached hydrogens (primary N) is 1. The van der Waals surface area contributed by atoms with Crippen molar-refractivity contribution in [1.82, 2.24) is 5.43 Å². The van der Waals surface area contributed by atoms with Crippen LogP contribution in [0.5, 0.6) is 0 Å². The average molecular weight is 322 g/mol. The van der Waals surface area contributed by atoms with Crippen LogP contribution < -0.4 is 11.3 Å². The van der Waals surface area contributed by atoms with Crippen molar-refractivity contribution in [1.29, 1.82) is 0 Å². The zero-order valence-electron chi connectivity index (χ0n) is 10.0. The molecule has 3 nitrogen and oxygen atoms in total. The smallest absolute Gasteiger partial charge is 0.0487 e. The lowest BCUT2D eigenvalue weighted by atomic mass is 9.93. The van der Waals surface area contributed by atoms with Gasteiger partial charge in [0.25, 0.3) is 0 Å². The fraction of sp³-hybridized carbons (Fsp3) is 0.500. The van der Waals surface area contributed by atoms with Crippen LogP contribution in [-0.4, -0.2) is 13.7 Å². The molecule has 0 aliphatic carbocycles. The van der Waals surface area contributed by atoms with E-state index >= 15 is 0 Å². The minimum atomic E-state index is 0.0696. The Morgan fingerprint density at radius 2 is 2.18 bits per heavy atom. The molecule has 0 radical (unpaired) electrons. The Morgan fingerprint density at radius 1 is 1.47 bits per heavy atom. The highest BCUT2D eigenvalue weighted by molar-refractivity contribution is 9.10. The minimum Gasteiger partial charge on any atom is -0.385 e. The van der Waals surface area contributed by atoms with Crippen molar-refractivity contribution in [2.45, 2.75) is 19.4 Å². The fourth-order valence-corrected chi connectivity index (χ4v) is 2.70. The van der Waals surface area contributed by atoms with Crippen molar-refractivity contribution in [2.24, 2.45) is 11.8 Å². The Morgan fingerprint density at radius 3 is 2.71 bits per heavy atom. The molecule has 0 saturated heterocycles. The molecule has 1 aromatic carbocycles. The molecule has 0 aliphatic rings. The average Bonchev–Trinajstić information content (AvgIpc) is 2.26. The number of hydrogen-bond acceptors (Lipinski definition) is 3. The first-order chi connectivity index (χ1) is 8.08. The van der Waals surface area contributed by atoms with E-state index in [0.29, 0.717) is 10.9 Å². The Labute approximate surface area is 116 Å². The number of hydrazine groups is 1. The van der Waals surface area contributed by atoms with Crippen LogP contribution >= 0.6 is 27.5 Å². The summed E-state index contributed by atoms with van der Waals surface area (Å²) < 4.78 is 6.04. The number of hydrogen-bond donors (Lipinski definition) is 2. The molecule has 0 aliphatic heterocycles. The molecule has 0 amide bonds. The van der Waals surface area contributed by atoms with Gasteiger partial charge in [0.15, 0.2) is 0 Å². The van der Waals surface area contributed by atoms with Crippen molar-refractivity contribution in [3.05, 3.63) is 33.3 Å². The first-order valence-corrected chi connectivity index (χ1v) is 6.66. The quantitative estimate of drug-likeness (QED) is 0.624. The molecule has 0 fully saturated rings. The van der Waals surface area contributed by atoms with Crippen molar-refractivity contribution in [3.8, 4) is 0 Å². The minimum absolute atomic E-state index is 0.0696. The van der Waals surface area contributed by atoms with Crippen LogP contribution in [0.15, 0.2) is 22.7 Å². The van der Waals surface area contributed by atoms with Crippen LogP contribution in [0.1, 0.15) is 24.9 Å². The maximum atomic E-state index is 6.04. The second-order valence-corrected chi connectivity index (χ2v) is 5.46. The van der Waals surface area contributed by atoms with Gasteiger partial charge in [-0.3, -0.25) is 11.3 Å². The number of halogens is 2. The van der Waals surface area contributed by atoms with Gasteiger partial charge in [-0.1, -0.05) is 34.5 Å². The topological polar surface area (TPSA) is 47.3 Å². The van der Waals surface area contributed by atoms with Gasteiger partial charge in [-0.2, -0.15) is 0 Å². The molecule has 2 unspecified atom stereocenters. The van der Waals surface area contributed by atoms with Gasteiger partial charge >= 0.3 is 0 Å². The third-order valence-corrected chi connectivity index (χ3v) is 3.45. The summed E-state index contributed by atoms with van der Waals surface area (Å²) >= 11 is 9.47. The first kappa shape index (κ1) is 14.9. The van der Waals surface area contributed by atoms with E-state index in [0.717, 1.165) is 23.1 Å². The van der Waals surface area contributed by atoms with Gasteiger partial charge in [-0.15, -0.1) is 0 Å². The molecule has 1 rings (SSSR count). The van der Waals surface area contributed by atoms with E-state index in [9.17, 15) is 0 Å². The van der Waals surface area contributed by atoms with Crippen molar-refractivity contribution >= 4 is 27.5 Å². The summed E-state index contributed by atoms with van der Waals surface area (Å²) in [4.78, 5) is 0. The van der Waals surface area contributed by atoms with E-state index in [-0.39, 0.29) is 6.04 Å². The van der Waals surface area contributed by atoms with Crippen molar-refractivity contribution < 1.29 is 4.74 Å². The van der Waals surface area contributed by atoms with E-state index < -0.39 is 0 Å². The Hall–Kier alpha value is -0.130. The largest absolute Gasteiger partial charge is 0.385 e. The summed E-state index contributed by atoms with van der Waals surface area (Å²) in [5, 5.41) is 0.702. The molecule has 2 atom stereocenters. The number of rotatable bonds is 6. The van der Waals surface area contributed by atoms with Crippen LogP contribution in [0.2, 0.25) is 5.02 Å². The molecule has 0 heterocycles. The van der Waals surface area contributed by atoms with Crippen molar-refractivity contribution in [3.63, 3.8) is 0 Å². The highest BCUT2D eigenvalue weighted by Gasteiger charge is 2.18. The molecule has 0 aromatic heterocycles. The lowest BCUT2D eigenvalue weighted by Gasteiger charge is -2.24. The highest BCUT2D eigenvalue weighted by atomic mass is 79.9. The van der Waals surface area contributed by atoms with Gasteiger partial charge in [-0.05, 0) is 36.1 Å². The summed E-state index contributed by atoms with van der Waals surface area (Å²) in [6, 6.07) is 5.89. The molecule has 96 valence electrons. The summed E-state index contributed by atoms with van der Waals surface area (Å²) in [6.07, 6.45) is 0.940. The SMILES string of the molecule is COCCC(C)C(NN)c1cc(Cl)cc(Br)c1. The summed E-state index contributed by atoms with van der Waals surface area (Å²) in [5.74, 6) is 5.99. The number of benzene rings is 1. The number of nitrogens with one attached hydrogen (secondary N) is 1. The van der Waals surface area contributed by atoms with Crippen LogP contribution in [0.3, 0.4) is 0 Å². The molecular formula is C12H18BrClN2O. The number of ether oxygens (including phenoxy) is 1. The zero-order chi connectivity index (χ0) is 12.8. The molecule has 3 N–H and O–H groups in total. The summed E-state index contributed by atoms with van der Waals surface area (Å²) in [5.41, 5.74) is 3.93. The predicted octanol–water partition coefficient (Wildman–Crippen LogP) is 3.28. The first-order valence-electron chi connectivity index (χ1n) is 5.49. The molecule has 0 spiro atoms. The van der Waals surface area contributed by atoms with E-state index in [4.69, 9.17) is 22.2 Å². The maximum Gasteiger partial charge on any atom is 0.0487 e. The van der Waals surface area contributed by atoms with Gasteiger partial charge in [-0.25, -0.2) is 0 Å². The van der Waals surface area contributed by atoms with Gasteiger partial charge in [0.1, 0.15) is 0 Å². The lowest BCUT2D eigenvalue weighted by Crippen LogP contribution is -2.33. The van der Waals surface area contributed by atoms with Crippen LogP contribution in [-0.2, 0) is 4.74 Å². The summed E-state index contributed by atoms with van der Waals surface area (Å²) in [6.45, 7) is 2.86. The van der Waals surface area contributed by atoms with E-state index in [2.05, 4.69) is 28.3 Å². The Kier molecular flexibility index (Phi) is 6.44. The van der Waals surface area contributed by atoms with Gasteiger partial charge in [0.05, 0.1) is 0 Å². The Bertz CT molecular complexity index is 342. The summed E-state index contributed by atoms with van der Waals surface area (Å²) in [7, 11) is 1.70. The molecule has 17 heavy (non-hydrogen) atoms. The molecule has 0 saturated carbocycles. The van der Waals surface area contributed by atoms with Gasteiger partial charge in [0.2, 0.25) is 0 Å². The second-order valence-electron chi connectivity index (χ2n) is 4.11. The molecule has 5 heteroatoms. The molecule has 0 bridgehead atoms. The second kappa shape index (κ2) is 7.34. The van der Waals surface area contributed by atoms with Crippen LogP contribution in [0.4, 0.5) is 0 Å². The highest BCUT2D eigenvalue weighted by Crippen LogP contribution is 2.29. The van der Waals surface area contributed by atoms with Gasteiger partial charge in [0, 0.05) is 29.3 Å². The standard InChI is InChI=1S/C12H18BrClN2O/c1-8(3-4-17-2)12(16-15)9-5-10(13)7-11(14)6-9/h5-8,12,16H,3-4,15H2,1-2H3. The van der Waals surface area contributed by atoms with E-state index in [1.165, 1.54) is 0 Å². The van der Waals surface area contributed by atoms with Crippen molar-refractivity contribution in [2.75, 3.05) is 13.7 Å². The lowest BCUT2D eigenvalue weighted by molar-refractivity contribution is 0.170. The molecule has 1 aromatic rings. The Balaban J connectivity index is 2.84. The normalized spacial score (nSPS) is 14.6. The van der Waals surface area contributed by atoms with E-state index in [1.54, 1.807) is 7.11 Å². The third-order valence-electron chi connectivity index (χ3n) is 2.77. The van der Waals surface area contributed by atoms with E-state index in [1.807, 2.05) is 18.2 Å². The fourth-order valence-electron chi connectivity index (χ4n) is 1.81. The molecular weight excluding hydrogens is 304 g/mol. The maximum absolute atomic E-state index is 6.04. The van der Waals surface area contributed by atoms with Crippen LogP contribution in [0.25, 0.3) is 0 Å². The third kappa shape index (κ3) is 4.56. The number of methoxy groups -OCH3 is 1. The van der Waals surface area contributed by atoms with Crippen LogP contribution in [0, 0.1) is 5.92 Å². The monoisotopic (exact) mass is 320 g/mol. The predicted molar refractivity (Wildman–Crippen MR) is 74.9 cm³/mol.